The fraction of sp³-hybridized carbons (Fsp3) is 0.231. The van der Waals surface area contributed by atoms with Crippen LogP contribution >= 0.6 is 34.5 Å². The van der Waals surface area contributed by atoms with E-state index in [1.165, 1.54) is 16.6 Å². The third kappa shape index (κ3) is 2.48. The molecule has 0 spiro atoms. The van der Waals surface area contributed by atoms with Gasteiger partial charge in [0.25, 0.3) is 5.91 Å². The Morgan fingerprint density at radius 3 is 3.05 bits per heavy atom. The number of fused-ring (bicyclic) bond motifs is 1. The van der Waals surface area contributed by atoms with E-state index in [0.29, 0.717) is 17.1 Å². The maximum Gasteiger partial charge on any atom is 0.255 e. The molecular weight excluding hydrogens is 303 g/mol. The van der Waals surface area contributed by atoms with Gasteiger partial charge in [0.15, 0.2) is 0 Å². The number of carbonyl (C=O) groups excluding carboxylic acids is 1. The van der Waals surface area contributed by atoms with E-state index < -0.39 is 0 Å². The Balaban J connectivity index is 1.83. The first kappa shape index (κ1) is 12.9. The second-order valence-electron chi connectivity index (χ2n) is 4.34. The molecule has 3 heterocycles. The fourth-order valence-corrected chi connectivity index (χ4v) is 3.30. The number of carbonyl (C=O) groups is 1. The molecule has 98 valence electrons. The van der Waals surface area contributed by atoms with Gasteiger partial charge in [-0.2, -0.15) is 0 Å². The average molecular weight is 313 g/mol. The molecule has 0 bridgehead atoms. The summed E-state index contributed by atoms with van der Waals surface area (Å²) in [6, 6.07) is 3.65. The summed E-state index contributed by atoms with van der Waals surface area (Å²) >= 11 is 13.4. The van der Waals surface area contributed by atoms with Gasteiger partial charge in [-0.15, -0.1) is 11.3 Å². The number of hydrogen-bond acceptors (Lipinski definition) is 3. The smallest absolute Gasteiger partial charge is 0.255 e. The Morgan fingerprint density at radius 2 is 2.26 bits per heavy atom. The minimum atomic E-state index is -0.0529. The normalized spacial score (nSPS) is 14.3. The summed E-state index contributed by atoms with van der Waals surface area (Å²) in [5.74, 6) is -0.0529. The Hall–Kier alpha value is -1.10. The summed E-state index contributed by atoms with van der Waals surface area (Å²) < 4.78 is 0. The predicted octanol–water partition coefficient (Wildman–Crippen LogP) is 3.65. The van der Waals surface area contributed by atoms with E-state index in [-0.39, 0.29) is 11.1 Å². The van der Waals surface area contributed by atoms with E-state index in [4.69, 9.17) is 23.2 Å². The van der Waals surface area contributed by atoms with Crippen LogP contribution in [0.5, 0.6) is 0 Å². The largest absolute Gasteiger partial charge is 0.334 e. The van der Waals surface area contributed by atoms with Crippen molar-refractivity contribution in [2.24, 2.45) is 0 Å². The van der Waals surface area contributed by atoms with Crippen molar-refractivity contribution in [2.75, 3.05) is 6.54 Å². The van der Waals surface area contributed by atoms with E-state index in [0.717, 1.165) is 13.0 Å². The molecule has 0 radical (unpaired) electrons. The van der Waals surface area contributed by atoms with Crippen molar-refractivity contribution in [1.29, 1.82) is 0 Å². The molecule has 0 N–H and O–H groups in total. The molecule has 1 amide bonds. The van der Waals surface area contributed by atoms with Crippen LogP contribution in [0.25, 0.3) is 0 Å². The molecule has 3 nitrogen and oxygen atoms in total. The van der Waals surface area contributed by atoms with Gasteiger partial charge in [-0.1, -0.05) is 23.2 Å². The van der Waals surface area contributed by atoms with Crippen molar-refractivity contribution in [3.63, 3.8) is 0 Å². The van der Waals surface area contributed by atoms with Gasteiger partial charge in [-0.25, -0.2) is 4.98 Å². The molecule has 3 rings (SSSR count). The van der Waals surface area contributed by atoms with E-state index >= 15 is 0 Å². The fourth-order valence-electron chi connectivity index (χ4n) is 2.14. The SMILES string of the molecule is O=C(c1cnc(Cl)c(Cl)c1)N1CCc2sccc2C1. The van der Waals surface area contributed by atoms with E-state index in [2.05, 4.69) is 16.4 Å². The number of nitrogens with zero attached hydrogens (tertiary/aromatic N) is 2. The van der Waals surface area contributed by atoms with Crippen molar-refractivity contribution in [3.05, 3.63) is 49.9 Å². The summed E-state index contributed by atoms with van der Waals surface area (Å²) in [5, 5.41) is 2.59. The molecule has 0 unspecified atom stereocenters. The summed E-state index contributed by atoms with van der Waals surface area (Å²) in [7, 11) is 0. The molecule has 19 heavy (non-hydrogen) atoms. The van der Waals surface area contributed by atoms with Crippen molar-refractivity contribution in [3.8, 4) is 0 Å². The van der Waals surface area contributed by atoms with Gasteiger partial charge >= 0.3 is 0 Å². The van der Waals surface area contributed by atoms with E-state index in [9.17, 15) is 4.79 Å². The highest BCUT2D eigenvalue weighted by molar-refractivity contribution is 7.10. The first-order valence-corrected chi connectivity index (χ1v) is 7.44. The molecule has 2 aromatic heterocycles. The Labute approximate surface area is 124 Å². The monoisotopic (exact) mass is 312 g/mol. The molecule has 0 aliphatic carbocycles. The lowest BCUT2D eigenvalue weighted by Crippen LogP contribution is -2.35. The van der Waals surface area contributed by atoms with E-state index in [1.54, 1.807) is 17.4 Å². The highest BCUT2D eigenvalue weighted by Crippen LogP contribution is 2.26. The second-order valence-corrected chi connectivity index (χ2v) is 6.11. The summed E-state index contributed by atoms with van der Waals surface area (Å²) in [6.45, 7) is 1.38. The van der Waals surface area contributed by atoms with E-state index in [1.807, 2.05) is 4.90 Å². The van der Waals surface area contributed by atoms with Crippen LogP contribution in [0, 0.1) is 0 Å². The van der Waals surface area contributed by atoms with Gasteiger partial charge in [-0.05, 0) is 29.5 Å². The molecular formula is C13H10Cl2N2OS. The number of pyridine rings is 1. The number of halogens is 2. The number of hydrogen-bond donors (Lipinski definition) is 0. The first-order valence-electron chi connectivity index (χ1n) is 5.80. The van der Waals surface area contributed by atoms with Gasteiger partial charge in [0.1, 0.15) is 5.15 Å². The van der Waals surface area contributed by atoms with Gasteiger partial charge in [-0.3, -0.25) is 4.79 Å². The van der Waals surface area contributed by atoms with Crippen molar-refractivity contribution in [1.82, 2.24) is 9.88 Å². The van der Waals surface area contributed by atoms with Gasteiger partial charge in [0.2, 0.25) is 0 Å². The van der Waals surface area contributed by atoms with Crippen LogP contribution in [0.1, 0.15) is 20.8 Å². The summed E-state index contributed by atoms with van der Waals surface area (Å²) in [4.78, 5) is 19.5. The maximum atomic E-state index is 12.4. The number of amides is 1. The lowest BCUT2D eigenvalue weighted by Gasteiger charge is -2.27. The zero-order valence-electron chi connectivity index (χ0n) is 9.90. The quantitative estimate of drug-likeness (QED) is 0.753. The maximum absolute atomic E-state index is 12.4. The molecule has 0 aromatic carbocycles. The Bertz CT molecular complexity index is 641. The number of rotatable bonds is 1. The lowest BCUT2D eigenvalue weighted by molar-refractivity contribution is 0.0735. The third-order valence-electron chi connectivity index (χ3n) is 3.14. The van der Waals surface area contributed by atoms with Gasteiger partial charge < -0.3 is 4.90 Å². The molecule has 0 fully saturated rings. The van der Waals surface area contributed by atoms with Crippen LogP contribution in [-0.2, 0) is 13.0 Å². The van der Waals surface area contributed by atoms with Crippen molar-refractivity contribution < 1.29 is 4.79 Å². The lowest BCUT2D eigenvalue weighted by atomic mass is 10.1. The topological polar surface area (TPSA) is 33.2 Å². The van der Waals surface area contributed by atoms with Crippen LogP contribution in [0.3, 0.4) is 0 Å². The second kappa shape index (κ2) is 5.12. The van der Waals surface area contributed by atoms with Crippen molar-refractivity contribution in [2.45, 2.75) is 13.0 Å². The molecule has 0 saturated heterocycles. The number of aromatic nitrogens is 1. The summed E-state index contributed by atoms with van der Waals surface area (Å²) in [5.41, 5.74) is 1.71. The summed E-state index contributed by atoms with van der Waals surface area (Å²) in [6.07, 6.45) is 2.38. The molecule has 6 heteroatoms. The van der Waals surface area contributed by atoms with Gasteiger partial charge in [0, 0.05) is 24.2 Å². The highest BCUT2D eigenvalue weighted by Gasteiger charge is 2.23. The average Bonchev–Trinajstić information content (AvgIpc) is 2.88. The standard InChI is InChI=1S/C13H10Cl2N2OS/c14-10-5-9(6-16-12(10)15)13(18)17-3-1-11-8(7-17)2-4-19-11/h2,4-6H,1,3,7H2. The minimum Gasteiger partial charge on any atom is -0.334 e. The highest BCUT2D eigenvalue weighted by atomic mass is 35.5. The third-order valence-corrected chi connectivity index (χ3v) is 4.85. The van der Waals surface area contributed by atoms with Crippen molar-refractivity contribution >= 4 is 40.4 Å². The molecule has 2 aromatic rings. The predicted molar refractivity (Wildman–Crippen MR) is 77.0 cm³/mol. The minimum absolute atomic E-state index is 0.0529. The molecule has 0 atom stereocenters. The van der Waals surface area contributed by atoms with Gasteiger partial charge in [0.05, 0.1) is 10.6 Å². The van der Waals surface area contributed by atoms with Crippen LogP contribution in [0.15, 0.2) is 23.7 Å². The van der Waals surface area contributed by atoms with Crippen LogP contribution in [0.4, 0.5) is 0 Å². The van der Waals surface area contributed by atoms with Crippen LogP contribution < -0.4 is 0 Å². The van der Waals surface area contributed by atoms with Crippen LogP contribution in [-0.4, -0.2) is 22.3 Å². The zero-order valence-corrected chi connectivity index (χ0v) is 12.2. The number of thiophene rings is 1. The molecule has 0 saturated carbocycles. The first-order chi connectivity index (χ1) is 9.15. The Morgan fingerprint density at radius 1 is 1.42 bits per heavy atom. The molecule has 1 aliphatic heterocycles. The molecule has 1 aliphatic rings. The van der Waals surface area contributed by atoms with Crippen LogP contribution in [0.2, 0.25) is 10.2 Å². The zero-order chi connectivity index (χ0) is 13.4. The Kier molecular flexibility index (Phi) is 3.48.